The summed E-state index contributed by atoms with van der Waals surface area (Å²) in [6.07, 6.45) is 0.250. The molecule has 23 valence electrons. The summed E-state index contributed by atoms with van der Waals surface area (Å²) in [5.74, 6) is 0. The second kappa shape index (κ2) is 13.1. The van der Waals surface area contributed by atoms with Gasteiger partial charge in [-0.25, -0.2) is 0 Å². The SMILES string of the molecule is O=C=O.[Co+2]. The molecule has 0 rings (SSSR count). The smallest absolute Gasteiger partial charge is 0.186 e. The molecule has 0 saturated heterocycles. The topological polar surface area (TPSA) is 34.1 Å². The Morgan fingerprint density at radius 2 is 1.25 bits per heavy atom. The van der Waals surface area contributed by atoms with Gasteiger partial charge in [0.2, 0.25) is 0 Å². The first kappa shape index (κ1) is 9.10. The number of hydrogen-bond donors (Lipinski definition) is 0. The van der Waals surface area contributed by atoms with E-state index in [0.717, 1.165) is 0 Å². The third-order valence-electron chi connectivity index (χ3n) is 0. The van der Waals surface area contributed by atoms with Gasteiger partial charge in [0.1, 0.15) is 0 Å². The van der Waals surface area contributed by atoms with E-state index in [1.807, 2.05) is 0 Å². The van der Waals surface area contributed by atoms with E-state index in [-0.39, 0.29) is 22.9 Å². The molecule has 0 spiro atoms. The van der Waals surface area contributed by atoms with Crippen molar-refractivity contribution in [3.05, 3.63) is 0 Å². The van der Waals surface area contributed by atoms with Crippen LogP contribution in [-0.2, 0) is 26.4 Å². The monoisotopic (exact) mass is 103 g/mol. The summed E-state index contributed by atoms with van der Waals surface area (Å²) < 4.78 is 0. The molecule has 0 saturated carbocycles. The number of rotatable bonds is 0. The molecule has 0 aliphatic carbocycles. The van der Waals surface area contributed by atoms with Crippen molar-refractivity contribution in [2.45, 2.75) is 0 Å². The summed E-state index contributed by atoms with van der Waals surface area (Å²) in [5, 5.41) is 0. The molecule has 3 heteroatoms. The van der Waals surface area contributed by atoms with Gasteiger partial charge in [-0.3, -0.25) is 0 Å². The van der Waals surface area contributed by atoms with Crippen molar-refractivity contribution in [1.29, 1.82) is 0 Å². The maximum atomic E-state index is 8.12. The summed E-state index contributed by atoms with van der Waals surface area (Å²) >= 11 is 0. The Labute approximate surface area is 33.4 Å². The molecule has 0 fully saturated rings. The summed E-state index contributed by atoms with van der Waals surface area (Å²) in [5.41, 5.74) is 0. The van der Waals surface area contributed by atoms with Crippen molar-refractivity contribution in [3.63, 3.8) is 0 Å². The third-order valence-corrected chi connectivity index (χ3v) is 0. The molecule has 0 aromatic heterocycles. The Morgan fingerprint density at radius 3 is 1.25 bits per heavy atom. The minimum Gasteiger partial charge on any atom is -0.186 e. The van der Waals surface area contributed by atoms with E-state index in [4.69, 9.17) is 9.59 Å². The fraction of sp³-hybridized carbons (Fsp3) is 0. The van der Waals surface area contributed by atoms with E-state index in [2.05, 4.69) is 0 Å². The van der Waals surface area contributed by atoms with Crippen molar-refractivity contribution in [2.75, 3.05) is 0 Å². The minimum absolute atomic E-state index is 0. The zero-order valence-electron chi connectivity index (χ0n) is 1.65. The zero-order chi connectivity index (χ0) is 2.71. The van der Waals surface area contributed by atoms with Crippen molar-refractivity contribution in [3.8, 4) is 0 Å². The van der Waals surface area contributed by atoms with Crippen LogP contribution in [0.15, 0.2) is 0 Å². The molecule has 0 aromatic carbocycles. The van der Waals surface area contributed by atoms with Crippen LogP contribution in [-0.4, -0.2) is 6.15 Å². The van der Waals surface area contributed by atoms with Crippen molar-refractivity contribution in [1.82, 2.24) is 0 Å². The maximum absolute atomic E-state index is 8.12. The maximum Gasteiger partial charge on any atom is 2.00 e. The summed E-state index contributed by atoms with van der Waals surface area (Å²) in [6.45, 7) is 0. The molecular weight excluding hydrogens is 103 g/mol. The molecule has 0 N–H and O–H groups in total. The fourth-order valence-corrected chi connectivity index (χ4v) is 0. The van der Waals surface area contributed by atoms with Gasteiger partial charge >= 0.3 is 22.9 Å². The van der Waals surface area contributed by atoms with E-state index in [9.17, 15) is 0 Å². The van der Waals surface area contributed by atoms with Gasteiger partial charge in [-0.1, -0.05) is 0 Å². The predicted octanol–water partition coefficient (Wildman–Crippen LogP) is -0.586. The van der Waals surface area contributed by atoms with Crippen LogP contribution in [0.3, 0.4) is 0 Å². The van der Waals surface area contributed by atoms with E-state index < -0.39 is 0 Å². The predicted molar refractivity (Wildman–Crippen MR) is 5.01 cm³/mol. The van der Waals surface area contributed by atoms with E-state index >= 15 is 0 Å². The Morgan fingerprint density at radius 1 is 1.25 bits per heavy atom. The van der Waals surface area contributed by atoms with Gasteiger partial charge in [0.25, 0.3) is 0 Å². The Balaban J connectivity index is 0. The second-order valence-corrected chi connectivity index (χ2v) is 0.0833. The Bertz CT molecular complexity index is 27.0. The van der Waals surface area contributed by atoms with Crippen LogP contribution in [0.2, 0.25) is 0 Å². The van der Waals surface area contributed by atoms with Crippen LogP contribution in [0.5, 0.6) is 0 Å². The molecule has 1 radical (unpaired) electrons. The van der Waals surface area contributed by atoms with Gasteiger partial charge in [-0.2, -0.15) is 9.59 Å². The van der Waals surface area contributed by atoms with Gasteiger partial charge in [-0.05, 0) is 0 Å². The summed E-state index contributed by atoms with van der Waals surface area (Å²) in [7, 11) is 0. The largest absolute Gasteiger partial charge is 2.00 e. The molecule has 0 amide bonds. The molecule has 0 aliphatic rings. The van der Waals surface area contributed by atoms with Crippen LogP contribution < -0.4 is 0 Å². The van der Waals surface area contributed by atoms with Crippen molar-refractivity contribution in [2.24, 2.45) is 0 Å². The molecule has 0 aromatic rings. The summed E-state index contributed by atoms with van der Waals surface area (Å²) in [4.78, 5) is 16.2. The van der Waals surface area contributed by atoms with Crippen LogP contribution in [0.25, 0.3) is 0 Å². The van der Waals surface area contributed by atoms with Gasteiger partial charge in [0, 0.05) is 0 Å². The van der Waals surface area contributed by atoms with Gasteiger partial charge in [0.15, 0.2) is 0 Å². The standard InChI is InChI=1S/CO2.Co/c2-1-3;/q;+2. The van der Waals surface area contributed by atoms with Gasteiger partial charge in [0.05, 0.1) is 0 Å². The first-order valence-electron chi connectivity index (χ1n) is 0.408. The first-order valence-corrected chi connectivity index (χ1v) is 0.408. The molecule has 2 nitrogen and oxygen atoms in total. The Kier molecular flexibility index (Phi) is 29.7. The van der Waals surface area contributed by atoms with Crippen molar-refractivity contribution < 1.29 is 26.4 Å². The van der Waals surface area contributed by atoms with Crippen LogP contribution in [0.1, 0.15) is 0 Å². The van der Waals surface area contributed by atoms with Gasteiger partial charge in [-0.15, -0.1) is 0 Å². The average Bonchev–Trinajstić information content (AvgIpc) is 0.918. The molecule has 0 bridgehead atoms. The number of carbonyl (C=O) groups excluding carboxylic acids is 2. The normalized spacial score (nSPS) is 2.00. The van der Waals surface area contributed by atoms with Crippen LogP contribution >= 0.6 is 0 Å². The Hall–Kier alpha value is -0.114. The fourth-order valence-electron chi connectivity index (χ4n) is 0. The zero-order valence-corrected chi connectivity index (χ0v) is 2.69. The second-order valence-electron chi connectivity index (χ2n) is 0.0833. The molecule has 0 aliphatic heterocycles. The number of hydrogen-bond acceptors (Lipinski definition) is 2. The first-order chi connectivity index (χ1) is 1.41. The minimum atomic E-state index is 0. The molecular formula is CCoO2+2. The quantitative estimate of drug-likeness (QED) is 0.410. The van der Waals surface area contributed by atoms with E-state index in [1.165, 1.54) is 0 Å². The molecule has 0 unspecified atom stereocenters. The molecule has 0 atom stereocenters. The van der Waals surface area contributed by atoms with Crippen molar-refractivity contribution >= 4 is 6.15 Å². The van der Waals surface area contributed by atoms with E-state index in [1.54, 1.807) is 0 Å². The average molecular weight is 103 g/mol. The van der Waals surface area contributed by atoms with Gasteiger partial charge < -0.3 is 0 Å². The third kappa shape index (κ3) is 115. The summed E-state index contributed by atoms with van der Waals surface area (Å²) in [6, 6.07) is 0. The van der Waals surface area contributed by atoms with Crippen LogP contribution in [0, 0.1) is 0 Å². The van der Waals surface area contributed by atoms with E-state index in [0.29, 0.717) is 0 Å². The molecule has 0 heterocycles. The van der Waals surface area contributed by atoms with Crippen LogP contribution in [0.4, 0.5) is 0 Å². The molecule has 4 heavy (non-hydrogen) atoms.